The van der Waals surface area contributed by atoms with E-state index in [0.717, 1.165) is 12.1 Å². The average molecular weight is 376 g/mol. The molecule has 0 aliphatic heterocycles. The standard InChI is InChI=1S/C18H15F3N4O2/c1-9(26)12-4-2-10(6-13(12)18(19,20)21)14-8-24-17-16(25-14)11(7-23-17)3-5-15(22)27/h2-9,26H,1H3,(H2,22,27)(H,23,24)/b5-3+/t9-/m1/s1. The highest BCUT2D eigenvalue weighted by Gasteiger charge is 2.34. The maximum absolute atomic E-state index is 13.3. The lowest BCUT2D eigenvalue weighted by molar-refractivity contribution is -0.139. The Morgan fingerprint density at radius 2 is 2.11 bits per heavy atom. The summed E-state index contributed by atoms with van der Waals surface area (Å²) in [6.07, 6.45) is -0.389. The van der Waals surface area contributed by atoms with Gasteiger partial charge in [-0.1, -0.05) is 12.1 Å². The van der Waals surface area contributed by atoms with Crippen LogP contribution in [0.2, 0.25) is 0 Å². The highest BCUT2D eigenvalue weighted by atomic mass is 19.4. The molecule has 0 fully saturated rings. The number of nitrogens with two attached hydrogens (primary N) is 1. The Morgan fingerprint density at radius 3 is 2.74 bits per heavy atom. The Bertz CT molecular complexity index is 1040. The fraction of sp³-hybridized carbons (Fsp3) is 0.167. The summed E-state index contributed by atoms with van der Waals surface area (Å²) in [6, 6.07) is 3.60. The van der Waals surface area contributed by atoms with Gasteiger partial charge in [-0.3, -0.25) is 4.79 Å². The van der Waals surface area contributed by atoms with Crippen molar-refractivity contribution in [2.45, 2.75) is 19.2 Å². The molecule has 0 spiro atoms. The zero-order valence-corrected chi connectivity index (χ0v) is 14.1. The minimum Gasteiger partial charge on any atom is -0.389 e. The van der Waals surface area contributed by atoms with E-state index in [-0.39, 0.29) is 16.8 Å². The number of halogens is 3. The first-order valence-electron chi connectivity index (χ1n) is 7.88. The predicted octanol–water partition coefficient (Wildman–Crippen LogP) is 3.20. The van der Waals surface area contributed by atoms with E-state index in [1.807, 2.05) is 0 Å². The third-order valence-electron chi connectivity index (χ3n) is 3.94. The van der Waals surface area contributed by atoms with Crippen molar-refractivity contribution in [3.05, 3.63) is 53.4 Å². The number of nitrogens with zero attached hydrogens (tertiary/aromatic N) is 2. The van der Waals surface area contributed by atoms with Crippen LogP contribution in [-0.4, -0.2) is 26.0 Å². The van der Waals surface area contributed by atoms with Gasteiger partial charge in [-0.05, 0) is 24.6 Å². The molecule has 0 radical (unpaired) electrons. The van der Waals surface area contributed by atoms with Gasteiger partial charge in [-0.15, -0.1) is 0 Å². The number of rotatable bonds is 4. The van der Waals surface area contributed by atoms with Crippen molar-refractivity contribution >= 4 is 23.1 Å². The highest BCUT2D eigenvalue weighted by Crippen LogP contribution is 2.37. The van der Waals surface area contributed by atoms with E-state index in [9.17, 15) is 23.1 Å². The number of carbonyl (C=O) groups excluding carboxylic acids is 1. The first kappa shape index (κ1) is 18.6. The SMILES string of the molecule is C[C@@H](O)c1ccc(-c2cnc3[nH]cc(/C=C/C(N)=O)c3n2)cc1C(F)(F)F. The fourth-order valence-corrected chi connectivity index (χ4v) is 2.67. The van der Waals surface area contributed by atoms with Crippen LogP contribution in [0.5, 0.6) is 0 Å². The molecule has 9 heteroatoms. The molecule has 1 atom stereocenters. The summed E-state index contributed by atoms with van der Waals surface area (Å²) >= 11 is 0. The number of aromatic amines is 1. The summed E-state index contributed by atoms with van der Waals surface area (Å²) in [5.74, 6) is -0.642. The van der Waals surface area contributed by atoms with Crippen LogP contribution in [0.25, 0.3) is 28.5 Å². The second-order valence-corrected chi connectivity index (χ2v) is 5.91. The third-order valence-corrected chi connectivity index (χ3v) is 3.94. The molecule has 27 heavy (non-hydrogen) atoms. The number of amides is 1. The molecule has 140 valence electrons. The smallest absolute Gasteiger partial charge is 0.389 e. The van der Waals surface area contributed by atoms with Crippen molar-refractivity contribution in [1.29, 1.82) is 0 Å². The average Bonchev–Trinajstić information content (AvgIpc) is 3.00. The van der Waals surface area contributed by atoms with E-state index in [1.54, 1.807) is 6.20 Å². The summed E-state index contributed by atoms with van der Waals surface area (Å²) in [5, 5.41) is 9.61. The van der Waals surface area contributed by atoms with E-state index in [0.29, 0.717) is 16.7 Å². The number of benzene rings is 1. The maximum Gasteiger partial charge on any atom is 0.416 e. The van der Waals surface area contributed by atoms with Gasteiger partial charge in [0.25, 0.3) is 0 Å². The van der Waals surface area contributed by atoms with Crippen LogP contribution in [0.4, 0.5) is 13.2 Å². The van der Waals surface area contributed by atoms with Crippen LogP contribution in [0.3, 0.4) is 0 Å². The Balaban J connectivity index is 2.12. The van der Waals surface area contributed by atoms with Crippen LogP contribution < -0.4 is 5.73 Å². The van der Waals surface area contributed by atoms with Gasteiger partial charge >= 0.3 is 6.18 Å². The number of aromatic nitrogens is 3. The number of carbonyl (C=O) groups is 1. The zero-order valence-electron chi connectivity index (χ0n) is 14.1. The van der Waals surface area contributed by atoms with Crippen molar-refractivity contribution in [2.75, 3.05) is 0 Å². The van der Waals surface area contributed by atoms with Gasteiger partial charge in [0.1, 0.15) is 5.52 Å². The summed E-state index contributed by atoms with van der Waals surface area (Å²) < 4.78 is 40.0. The molecule has 6 nitrogen and oxygen atoms in total. The lowest BCUT2D eigenvalue weighted by Crippen LogP contribution is -2.11. The monoisotopic (exact) mass is 376 g/mol. The minimum absolute atomic E-state index is 0.201. The minimum atomic E-state index is -4.62. The number of primary amides is 1. The van der Waals surface area contributed by atoms with Gasteiger partial charge in [0, 0.05) is 23.4 Å². The van der Waals surface area contributed by atoms with Gasteiger partial charge in [-0.2, -0.15) is 13.2 Å². The Hall–Kier alpha value is -3.20. The summed E-state index contributed by atoms with van der Waals surface area (Å²) in [6.45, 7) is 1.27. The number of fused-ring (bicyclic) bond motifs is 1. The van der Waals surface area contributed by atoms with E-state index in [4.69, 9.17) is 5.73 Å². The predicted molar refractivity (Wildman–Crippen MR) is 93.2 cm³/mol. The van der Waals surface area contributed by atoms with Crippen LogP contribution >= 0.6 is 0 Å². The lowest BCUT2D eigenvalue weighted by Gasteiger charge is -2.16. The van der Waals surface area contributed by atoms with Crippen LogP contribution in [-0.2, 0) is 11.0 Å². The summed E-state index contributed by atoms with van der Waals surface area (Å²) in [7, 11) is 0. The van der Waals surface area contributed by atoms with Crippen molar-refractivity contribution in [2.24, 2.45) is 5.73 Å². The molecule has 0 aliphatic carbocycles. The molecular formula is C18H15F3N4O2. The first-order chi connectivity index (χ1) is 12.7. The van der Waals surface area contributed by atoms with Crippen molar-refractivity contribution in [3.63, 3.8) is 0 Å². The molecule has 2 aromatic heterocycles. The molecule has 0 saturated carbocycles. The van der Waals surface area contributed by atoms with Crippen molar-refractivity contribution in [1.82, 2.24) is 15.0 Å². The molecule has 1 amide bonds. The lowest BCUT2D eigenvalue weighted by atomic mass is 9.98. The zero-order chi connectivity index (χ0) is 19.8. The number of H-pyrrole nitrogens is 1. The molecule has 4 N–H and O–H groups in total. The Labute approximate surface area is 151 Å². The Morgan fingerprint density at radius 1 is 1.37 bits per heavy atom. The van der Waals surface area contributed by atoms with E-state index in [1.165, 1.54) is 31.3 Å². The number of nitrogens with one attached hydrogen (secondary N) is 1. The molecule has 0 bridgehead atoms. The fourth-order valence-electron chi connectivity index (χ4n) is 2.67. The molecule has 1 aromatic carbocycles. The van der Waals surface area contributed by atoms with Crippen LogP contribution in [0, 0.1) is 0 Å². The number of aliphatic hydroxyl groups is 1. The topological polar surface area (TPSA) is 105 Å². The van der Waals surface area contributed by atoms with Gasteiger partial charge in [0.2, 0.25) is 5.91 Å². The molecule has 0 saturated heterocycles. The Kier molecular flexibility index (Phi) is 4.71. The van der Waals surface area contributed by atoms with E-state index >= 15 is 0 Å². The van der Waals surface area contributed by atoms with Gasteiger partial charge < -0.3 is 15.8 Å². The van der Waals surface area contributed by atoms with E-state index < -0.39 is 23.8 Å². The number of aliphatic hydroxyl groups excluding tert-OH is 1. The molecule has 0 aliphatic rings. The summed E-state index contributed by atoms with van der Waals surface area (Å²) in [5.41, 5.74) is 5.67. The first-order valence-corrected chi connectivity index (χ1v) is 7.88. The number of hydrogen-bond donors (Lipinski definition) is 3. The van der Waals surface area contributed by atoms with Crippen LogP contribution in [0.15, 0.2) is 36.7 Å². The van der Waals surface area contributed by atoms with Gasteiger partial charge in [0.05, 0.1) is 23.6 Å². The second kappa shape index (κ2) is 6.84. The van der Waals surface area contributed by atoms with Crippen molar-refractivity contribution in [3.8, 4) is 11.3 Å². The molecule has 0 unspecified atom stereocenters. The normalized spacial score (nSPS) is 13.4. The second-order valence-electron chi connectivity index (χ2n) is 5.91. The molecule has 2 heterocycles. The van der Waals surface area contributed by atoms with Gasteiger partial charge in [-0.25, -0.2) is 9.97 Å². The summed E-state index contributed by atoms with van der Waals surface area (Å²) in [4.78, 5) is 22.3. The van der Waals surface area contributed by atoms with E-state index in [2.05, 4.69) is 15.0 Å². The largest absolute Gasteiger partial charge is 0.416 e. The quantitative estimate of drug-likeness (QED) is 0.608. The van der Waals surface area contributed by atoms with Crippen LogP contribution in [0.1, 0.15) is 29.7 Å². The molecule has 3 aromatic rings. The third kappa shape index (κ3) is 3.82. The van der Waals surface area contributed by atoms with Crippen molar-refractivity contribution < 1.29 is 23.1 Å². The number of alkyl halides is 3. The molecule has 3 rings (SSSR count). The van der Waals surface area contributed by atoms with Gasteiger partial charge in [0.15, 0.2) is 5.65 Å². The molecular weight excluding hydrogens is 361 g/mol. The highest BCUT2D eigenvalue weighted by molar-refractivity contribution is 5.93. The number of hydrogen-bond acceptors (Lipinski definition) is 4. The maximum atomic E-state index is 13.3.